The van der Waals surface area contributed by atoms with E-state index in [0.717, 1.165) is 25.7 Å². The molecule has 3 rings (SSSR count). The Hall–Kier alpha value is -1.02. The number of aliphatic hydroxyl groups is 2. The van der Waals surface area contributed by atoms with Gasteiger partial charge in [-0.2, -0.15) is 0 Å². The van der Waals surface area contributed by atoms with Crippen molar-refractivity contribution in [3.8, 4) is 0 Å². The molecule has 2 saturated heterocycles. The normalized spacial score (nSPS) is 44.5. The second kappa shape index (κ2) is 6.47. The standard InChI is InChI=1S/C16H25NO6/c1-8-11(7-18)23-16(22-2)12(13(8)19)17-14(20)9-5-3-4-6-10(9)15(17)21/h8-13,16,18-19H,3-7H2,1-2H3/t8-,9?,10?,11?,12?,13-,16+/m0/s1. The minimum atomic E-state index is -0.987. The van der Waals surface area contributed by atoms with Gasteiger partial charge in [0.15, 0.2) is 6.29 Å². The van der Waals surface area contributed by atoms with Crippen molar-refractivity contribution in [1.29, 1.82) is 0 Å². The average Bonchev–Trinajstić information content (AvgIpc) is 2.82. The van der Waals surface area contributed by atoms with Crippen molar-refractivity contribution in [2.75, 3.05) is 13.7 Å². The lowest BCUT2D eigenvalue weighted by Crippen LogP contribution is -2.63. The van der Waals surface area contributed by atoms with Crippen LogP contribution in [0.5, 0.6) is 0 Å². The van der Waals surface area contributed by atoms with E-state index in [1.807, 2.05) is 0 Å². The fraction of sp³-hybridized carbons (Fsp3) is 0.875. The lowest BCUT2D eigenvalue weighted by molar-refractivity contribution is -0.261. The molecule has 0 radical (unpaired) electrons. The molecule has 2 amide bonds. The van der Waals surface area contributed by atoms with E-state index in [1.165, 1.54) is 12.0 Å². The van der Waals surface area contributed by atoms with Gasteiger partial charge in [-0.3, -0.25) is 14.5 Å². The molecule has 4 unspecified atom stereocenters. The Morgan fingerprint density at radius 1 is 1.22 bits per heavy atom. The summed E-state index contributed by atoms with van der Waals surface area (Å²) in [6.07, 6.45) is 0.860. The van der Waals surface area contributed by atoms with Gasteiger partial charge in [0.05, 0.1) is 30.7 Å². The van der Waals surface area contributed by atoms with E-state index in [2.05, 4.69) is 0 Å². The largest absolute Gasteiger partial charge is 0.394 e. The van der Waals surface area contributed by atoms with Crippen molar-refractivity contribution in [1.82, 2.24) is 4.90 Å². The van der Waals surface area contributed by atoms with Crippen LogP contribution in [0.3, 0.4) is 0 Å². The number of methoxy groups -OCH3 is 1. The summed E-state index contributed by atoms with van der Waals surface area (Å²) >= 11 is 0. The van der Waals surface area contributed by atoms with Crippen LogP contribution in [-0.2, 0) is 19.1 Å². The zero-order valence-electron chi connectivity index (χ0n) is 13.6. The molecule has 2 heterocycles. The monoisotopic (exact) mass is 327 g/mol. The number of aliphatic hydroxyl groups excluding tert-OH is 2. The molecule has 2 N–H and O–H groups in total. The summed E-state index contributed by atoms with van der Waals surface area (Å²) in [5.41, 5.74) is 0. The first-order valence-electron chi connectivity index (χ1n) is 8.35. The Morgan fingerprint density at radius 3 is 2.26 bits per heavy atom. The molecule has 0 aromatic carbocycles. The van der Waals surface area contributed by atoms with Gasteiger partial charge in [-0.1, -0.05) is 19.8 Å². The van der Waals surface area contributed by atoms with E-state index >= 15 is 0 Å². The Balaban J connectivity index is 1.89. The molecule has 3 aliphatic rings. The summed E-state index contributed by atoms with van der Waals surface area (Å²) < 4.78 is 10.9. The molecule has 0 aromatic heterocycles. The van der Waals surface area contributed by atoms with Crippen molar-refractivity contribution < 1.29 is 29.3 Å². The number of amides is 2. The number of ether oxygens (including phenoxy) is 2. The van der Waals surface area contributed by atoms with Gasteiger partial charge >= 0.3 is 0 Å². The smallest absolute Gasteiger partial charge is 0.233 e. The lowest BCUT2D eigenvalue weighted by Gasteiger charge is -2.45. The molecule has 23 heavy (non-hydrogen) atoms. The van der Waals surface area contributed by atoms with Gasteiger partial charge in [0, 0.05) is 13.0 Å². The van der Waals surface area contributed by atoms with Crippen molar-refractivity contribution in [2.45, 2.75) is 57.1 Å². The van der Waals surface area contributed by atoms with E-state index in [0.29, 0.717) is 0 Å². The van der Waals surface area contributed by atoms with E-state index < -0.39 is 30.5 Å². The molecule has 7 atom stereocenters. The average molecular weight is 327 g/mol. The Bertz CT molecular complexity index is 457. The summed E-state index contributed by atoms with van der Waals surface area (Å²) in [7, 11) is 1.41. The second-order valence-corrected chi connectivity index (χ2v) is 6.85. The maximum Gasteiger partial charge on any atom is 0.233 e. The minimum Gasteiger partial charge on any atom is -0.394 e. The van der Waals surface area contributed by atoms with Gasteiger partial charge < -0.3 is 19.7 Å². The molecule has 1 aliphatic carbocycles. The number of hydrogen-bond acceptors (Lipinski definition) is 6. The first-order chi connectivity index (χ1) is 11.0. The SMILES string of the molecule is CO[C@@H]1OC(CO)[C@H](C)[C@H](O)C1N1C(=O)C2CCCCC2C1=O. The van der Waals surface area contributed by atoms with Crippen molar-refractivity contribution >= 4 is 11.8 Å². The third-order valence-corrected chi connectivity index (χ3v) is 5.65. The highest BCUT2D eigenvalue weighted by Crippen LogP contribution is 2.41. The lowest BCUT2D eigenvalue weighted by atomic mass is 9.81. The van der Waals surface area contributed by atoms with Crippen molar-refractivity contribution in [3.05, 3.63) is 0 Å². The third kappa shape index (κ3) is 2.59. The highest BCUT2D eigenvalue weighted by atomic mass is 16.7. The summed E-state index contributed by atoms with van der Waals surface area (Å²) in [6, 6.07) is -0.858. The summed E-state index contributed by atoms with van der Waals surface area (Å²) in [6.45, 7) is 1.49. The number of imide groups is 1. The first kappa shape index (κ1) is 16.8. The molecule has 0 aromatic rings. The van der Waals surface area contributed by atoms with Crippen LogP contribution in [0.2, 0.25) is 0 Å². The van der Waals surface area contributed by atoms with E-state index in [9.17, 15) is 19.8 Å². The molecular formula is C16H25NO6. The second-order valence-electron chi connectivity index (χ2n) is 6.85. The maximum absolute atomic E-state index is 12.7. The zero-order chi connectivity index (χ0) is 16.7. The van der Waals surface area contributed by atoms with E-state index in [1.54, 1.807) is 6.92 Å². The molecule has 7 nitrogen and oxygen atoms in total. The number of nitrogens with zero attached hydrogens (tertiary/aromatic N) is 1. The van der Waals surface area contributed by atoms with E-state index in [4.69, 9.17) is 9.47 Å². The van der Waals surface area contributed by atoms with Crippen molar-refractivity contribution in [2.24, 2.45) is 17.8 Å². The molecule has 2 aliphatic heterocycles. The molecular weight excluding hydrogens is 302 g/mol. The van der Waals surface area contributed by atoms with Crippen LogP contribution in [0.15, 0.2) is 0 Å². The van der Waals surface area contributed by atoms with Gasteiger partial charge in [-0.15, -0.1) is 0 Å². The number of rotatable bonds is 3. The predicted molar refractivity (Wildman–Crippen MR) is 79.0 cm³/mol. The van der Waals surface area contributed by atoms with Gasteiger partial charge in [-0.05, 0) is 12.8 Å². The summed E-state index contributed by atoms with van der Waals surface area (Å²) in [4.78, 5) is 26.7. The van der Waals surface area contributed by atoms with Crippen LogP contribution in [0, 0.1) is 17.8 Å². The molecule has 130 valence electrons. The van der Waals surface area contributed by atoms with Crippen LogP contribution in [0.1, 0.15) is 32.6 Å². The van der Waals surface area contributed by atoms with Gasteiger partial charge in [-0.25, -0.2) is 0 Å². The van der Waals surface area contributed by atoms with Crippen LogP contribution in [0.4, 0.5) is 0 Å². The highest BCUT2D eigenvalue weighted by molar-refractivity contribution is 6.05. The fourth-order valence-electron chi connectivity index (χ4n) is 4.23. The topological polar surface area (TPSA) is 96.3 Å². The predicted octanol–water partition coefficient (Wildman–Crippen LogP) is -0.109. The van der Waals surface area contributed by atoms with Crippen LogP contribution < -0.4 is 0 Å². The number of fused-ring (bicyclic) bond motifs is 1. The van der Waals surface area contributed by atoms with Crippen molar-refractivity contribution in [3.63, 3.8) is 0 Å². The first-order valence-corrected chi connectivity index (χ1v) is 8.35. The quantitative estimate of drug-likeness (QED) is 0.702. The molecule has 0 bridgehead atoms. The molecule has 1 saturated carbocycles. The highest BCUT2D eigenvalue weighted by Gasteiger charge is 2.56. The number of hydrogen-bond donors (Lipinski definition) is 2. The number of carbonyl (C=O) groups is 2. The molecule has 0 spiro atoms. The zero-order valence-corrected chi connectivity index (χ0v) is 13.6. The number of carbonyl (C=O) groups excluding carboxylic acids is 2. The van der Waals surface area contributed by atoms with Crippen LogP contribution >= 0.6 is 0 Å². The Kier molecular flexibility index (Phi) is 4.73. The number of likely N-dealkylation sites (tertiary alicyclic amines) is 1. The maximum atomic E-state index is 12.7. The van der Waals surface area contributed by atoms with Crippen LogP contribution in [0.25, 0.3) is 0 Å². The Labute approximate surface area is 135 Å². The summed E-state index contributed by atoms with van der Waals surface area (Å²) in [5.74, 6) is -1.38. The van der Waals surface area contributed by atoms with Crippen LogP contribution in [-0.4, -0.2) is 65.2 Å². The fourth-order valence-corrected chi connectivity index (χ4v) is 4.23. The van der Waals surface area contributed by atoms with E-state index in [-0.39, 0.29) is 30.3 Å². The van der Waals surface area contributed by atoms with Gasteiger partial charge in [0.2, 0.25) is 11.8 Å². The van der Waals surface area contributed by atoms with Gasteiger partial charge in [0.1, 0.15) is 6.04 Å². The minimum absolute atomic E-state index is 0.218. The molecule has 3 fully saturated rings. The molecule has 7 heteroatoms. The van der Waals surface area contributed by atoms with Gasteiger partial charge in [0.25, 0.3) is 0 Å². The third-order valence-electron chi connectivity index (χ3n) is 5.65. The Morgan fingerprint density at radius 2 is 1.78 bits per heavy atom. The summed E-state index contributed by atoms with van der Waals surface area (Å²) in [5, 5.41) is 20.0.